The number of alkyl halides is 3. The number of ether oxygens (including phenoxy) is 2. The lowest BCUT2D eigenvalue weighted by Crippen LogP contribution is -2.40. The Morgan fingerprint density at radius 1 is 1.03 bits per heavy atom. The molecule has 2 aromatic carbocycles. The number of hydrogen-bond donors (Lipinski definition) is 2. The summed E-state index contributed by atoms with van der Waals surface area (Å²) in [7, 11) is 0. The molecule has 0 aromatic heterocycles. The fourth-order valence-electron chi connectivity index (χ4n) is 3.52. The van der Waals surface area contributed by atoms with E-state index >= 15 is 0 Å². The minimum atomic E-state index is -5.00. The standard InChI is InChI=1S/C22H21F4NO5/c23-18-11-13(1-10-19(18)32-22(24,25)26)12-20(28)27-15-4-8-17(9-5-15)31-16-6-2-14(3-7-16)21(29)30/h1-3,6-7,10-11,15,17H,4-5,8-9,12H2,(H,27,28)(H,29,30). The Bertz CT molecular complexity index is 954. The smallest absolute Gasteiger partial charge is 0.490 e. The Labute approximate surface area is 181 Å². The number of carbonyl (C=O) groups is 2. The minimum Gasteiger partial charge on any atom is -0.490 e. The van der Waals surface area contributed by atoms with Crippen molar-refractivity contribution in [2.45, 2.75) is 50.6 Å². The first-order valence-corrected chi connectivity index (χ1v) is 9.92. The van der Waals surface area contributed by atoms with Crippen LogP contribution in [0.2, 0.25) is 0 Å². The molecule has 3 rings (SSSR count). The lowest BCUT2D eigenvalue weighted by atomic mass is 9.92. The number of rotatable bonds is 7. The van der Waals surface area contributed by atoms with E-state index in [0.29, 0.717) is 31.4 Å². The Hall–Kier alpha value is -3.30. The number of carbonyl (C=O) groups excluding carboxylic acids is 1. The van der Waals surface area contributed by atoms with E-state index in [-0.39, 0.29) is 35.6 Å². The Morgan fingerprint density at radius 2 is 1.69 bits per heavy atom. The normalized spacial score (nSPS) is 18.6. The Kier molecular flexibility index (Phi) is 7.22. The predicted octanol–water partition coefficient (Wildman–Crippen LogP) is 4.47. The van der Waals surface area contributed by atoms with Crippen molar-refractivity contribution in [1.82, 2.24) is 5.32 Å². The summed E-state index contributed by atoms with van der Waals surface area (Å²) in [5.74, 6) is -2.94. The molecule has 0 spiro atoms. The van der Waals surface area contributed by atoms with Gasteiger partial charge in [0.05, 0.1) is 18.1 Å². The molecule has 1 aliphatic carbocycles. The molecule has 1 aliphatic rings. The predicted molar refractivity (Wildman–Crippen MR) is 105 cm³/mol. The lowest BCUT2D eigenvalue weighted by molar-refractivity contribution is -0.275. The highest BCUT2D eigenvalue weighted by atomic mass is 19.4. The van der Waals surface area contributed by atoms with Gasteiger partial charge in [-0.15, -0.1) is 13.2 Å². The van der Waals surface area contributed by atoms with Gasteiger partial charge in [0.2, 0.25) is 5.91 Å². The van der Waals surface area contributed by atoms with Crippen LogP contribution in [0.25, 0.3) is 0 Å². The highest BCUT2D eigenvalue weighted by molar-refractivity contribution is 5.87. The molecule has 0 radical (unpaired) electrons. The van der Waals surface area contributed by atoms with Crippen molar-refractivity contribution >= 4 is 11.9 Å². The third-order valence-electron chi connectivity index (χ3n) is 5.03. The van der Waals surface area contributed by atoms with Gasteiger partial charge in [0.15, 0.2) is 11.6 Å². The summed E-state index contributed by atoms with van der Waals surface area (Å²) in [4.78, 5) is 23.1. The first-order valence-electron chi connectivity index (χ1n) is 9.92. The Balaban J connectivity index is 1.44. The minimum absolute atomic E-state index is 0.0610. The number of aromatic carboxylic acids is 1. The molecule has 2 aromatic rings. The van der Waals surface area contributed by atoms with Gasteiger partial charge in [0, 0.05) is 6.04 Å². The van der Waals surface area contributed by atoms with Crippen LogP contribution >= 0.6 is 0 Å². The van der Waals surface area contributed by atoms with Crippen molar-refractivity contribution in [2.24, 2.45) is 0 Å². The molecule has 6 nitrogen and oxygen atoms in total. The van der Waals surface area contributed by atoms with E-state index in [1.165, 1.54) is 18.2 Å². The second-order valence-corrected chi connectivity index (χ2v) is 7.48. The molecule has 0 atom stereocenters. The van der Waals surface area contributed by atoms with Crippen LogP contribution in [0.5, 0.6) is 11.5 Å². The zero-order valence-electron chi connectivity index (χ0n) is 16.8. The van der Waals surface area contributed by atoms with Crippen LogP contribution < -0.4 is 14.8 Å². The molecule has 0 heterocycles. The average Bonchev–Trinajstić information content (AvgIpc) is 2.71. The van der Waals surface area contributed by atoms with Crippen LogP contribution in [0.4, 0.5) is 17.6 Å². The molecule has 1 fully saturated rings. The van der Waals surface area contributed by atoms with E-state index in [0.717, 1.165) is 12.1 Å². The SMILES string of the molecule is O=C(Cc1ccc(OC(F)(F)F)c(F)c1)NC1CCC(Oc2ccc(C(=O)O)cc2)CC1. The third-order valence-corrected chi connectivity index (χ3v) is 5.03. The van der Waals surface area contributed by atoms with Crippen molar-refractivity contribution in [3.8, 4) is 11.5 Å². The van der Waals surface area contributed by atoms with Gasteiger partial charge in [-0.3, -0.25) is 4.79 Å². The number of carboxylic acids is 1. The summed E-state index contributed by atoms with van der Waals surface area (Å²) in [6.45, 7) is 0. The van der Waals surface area contributed by atoms with Crippen molar-refractivity contribution in [3.05, 3.63) is 59.4 Å². The molecule has 32 heavy (non-hydrogen) atoms. The van der Waals surface area contributed by atoms with Crippen molar-refractivity contribution in [1.29, 1.82) is 0 Å². The number of carboxylic acid groups (broad SMARTS) is 1. The van der Waals surface area contributed by atoms with Crippen LogP contribution in [-0.4, -0.2) is 35.5 Å². The van der Waals surface area contributed by atoms with Gasteiger partial charge in [0.25, 0.3) is 0 Å². The summed E-state index contributed by atoms with van der Waals surface area (Å²) in [6, 6.07) is 8.95. The van der Waals surface area contributed by atoms with E-state index in [1.807, 2.05) is 0 Å². The zero-order valence-corrected chi connectivity index (χ0v) is 16.8. The molecule has 172 valence electrons. The first kappa shape index (κ1) is 23.4. The van der Waals surface area contributed by atoms with Gasteiger partial charge in [-0.25, -0.2) is 9.18 Å². The van der Waals surface area contributed by atoms with Gasteiger partial charge < -0.3 is 19.9 Å². The topological polar surface area (TPSA) is 84.9 Å². The molecule has 0 unspecified atom stereocenters. The van der Waals surface area contributed by atoms with Crippen LogP contribution in [0.3, 0.4) is 0 Å². The van der Waals surface area contributed by atoms with Gasteiger partial charge in [-0.1, -0.05) is 6.07 Å². The monoisotopic (exact) mass is 455 g/mol. The molecular formula is C22H21F4NO5. The van der Waals surface area contributed by atoms with E-state index in [2.05, 4.69) is 10.1 Å². The van der Waals surface area contributed by atoms with Gasteiger partial charge in [-0.05, 0) is 67.6 Å². The molecule has 1 amide bonds. The molecule has 0 saturated heterocycles. The highest BCUT2D eigenvalue weighted by Gasteiger charge is 2.32. The fraction of sp³-hybridized carbons (Fsp3) is 0.364. The molecule has 0 aliphatic heterocycles. The molecular weight excluding hydrogens is 434 g/mol. The quantitative estimate of drug-likeness (QED) is 0.602. The van der Waals surface area contributed by atoms with E-state index < -0.39 is 23.9 Å². The van der Waals surface area contributed by atoms with Crippen LogP contribution in [0, 0.1) is 5.82 Å². The number of nitrogens with one attached hydrogen (secondary N) is 1. The van der Waals surface area contributed by atoms with Crippen molar-refractivity contribution < 1.29 is 41.7 Å². The van der Waals surface area contributed by atoms with Crippen LogP contribution in [-0.2, 0) is 11.2 Å². The average molecular weight is 455 g/mol. The number of benzene rings is 2. The summed E-state index contributed by atoms with van der Waals surface area (Å²) >= 11 is 0. The maximum Gasteiger partial charge on any atom is 0.573 e. The maximum absolute atomic E-state index is 13.8. The fourth-order valence-corrected chi connectivity index (χ4v) is 3.52. The molecule has 1 saturated carbocycles. The first-order chi connectivity index (χ1) is 15.1. The van der Waals surface area contributed by atoms with Crippen LogP contribution in [0.1, 0.15) is 41.6 Å². The van der Waals surface area contributed by atoms with E-state index in [9.17, 15) is 27.2 Å². The summed E-state index contributed by atoms with van der Waals surface area (Å²) in [5, 5.41) is 11.8. The summed E-state index contributed by atoms with van der Waals surface area (Å²) < 4.78 is 59.8. The van der Waals surface area contributed by atoms with E-state index in [4.69, 9.17) is 9.84 Å². The maximum atomic E-state index is 13.8. The Morgan fingerprint density at radius 3 is 2.25 bits per heavy atom. The van der Waals surface area contributed by atoms with Crippen molar-refractivity contribution in [3.63, 3.8) is 0 Å². The number of hydrogen-bond acceptors (Lipinski definition) is 4. The van der Waals surface area contributed by atoms with Gasteiger partial charge in [-0.2, -0.15) is 0 Å². The molecule has 10 heteroatoms. The molecule has 2 N–H and O–H groups in total. The van der Waals surface area contributed by atoms with E-state index in [1.54, 1.807) is 12.1 Å². The molecule has 0 bridgehead atoms. The number of amides is 1. The summed E-state index contributed by atoms with van der Waals surface area (Å²) in [5.41, 5.74) is 0.405. The summed E-state index contributed by atoms with van der Waals surface area (Å²) in [6.07, 6.45) is -2.53. The lowest BCUT2D eigenvalue weighted by Gasteiger charge is -2.29. The largest absolute Gasteiger partial charge is 0.573 e. The second kappa shape index (κ2) is 9.88. The zero-order chi connectivity index (χ0) is 23.3. The number of halogens is 4. The highest BCUT2D eigenvalue weighted by Crippen LogP contribution is 2.27. The second-order valence-electron chi connectivity index (χ2n) is 7.48. The third kappa shape index (κ3) is 6.86. The van der Waals surface area contributed by atoms with Crippen LogP contribution in [0.15, 0.2) is 42.5 Å². The van der Waals surface area contributed by atoms with Gasteiger partial charge in [0.1, 0.15) is 5.75 Å². The van der Waals surface area contributed by atoms with Gasteiger partial charge >= 0.3 is 12.3 Å². The van der Waals surface area contributed by atoms with Crippen molar-refractivity contribution in [2.75, 3.05) is 0 Å².